The third kappa shape index (κ3) is 2.66. The van der Waals surface area contributed by atoms with Gasteiger partial charge in [-0.25, -0.2) is 9.97 Å². The van der Waals surface area contributed by atoms with Gasteiger partial charge in [-0.2, -0.15) is 5.10 Å². The van der Waals surface area contributed by atoms with E-state index in [9.17, 15) is 4.79 Å². The van der Waals surface area contributed by atoms with Crippen LogP contribution < -0.4 is 11.1 Å². The van der Waals surface area contributed by atoms with Gasteiger partial charge in [0.25, 0.3) is 5.91 Å². The lowest BCUT2D eigenvalue weighted by atomic mass is 10.1. The quantitative estimate of drug-likeness (QED) is 0.678. The zero-order valence-electron chi connectivity index (χ0n) is 13.1. The molecule has 0 aliphatic heterocycles. The molecule has 8 heteroatoms. The van der Waals surface area contributed by atoms with E-state index in [1.807, 2.05) is 19.1 Å². The lowest BCUT2D eigenvalue weighted by Gasteiger charge is -2.16. The summed E-state index contributed by atoms with van der Waals surface area (Å²) >= 11 is 0. The second-order valence-electron chi connectivity index (χ2n) is 5.43. The minimum absolute atomic E-state index is 0.142. The Kier molecular flexibility index (Phi) is 3.57. The topological polar surface area (TPSA) is 113 Å². The fourth-order valence-corrected chi connectivity index (χ4v) is 2.29. The first-order valence-corrected chi connectivity index (χ1v) is 7.00. The molecule has 0 radical (unpaired) electrons. The number of fused-ring (bicyclic) bond motifs is 1. The van der Waals surface area contributed by atoms with E-state index in [0.29, 0.717) is 5.82 Å². The number of nitrogens with zero attached hydrogens (tertiary/aromatic N) is 4. The number of amides is 1. The van der Waals surface area contributed by atoms with Crippen LogP contribution in [0.1, 0.15) is 15.9 Å². The van der Waals surface area contributed by atoms with Crippen molar-refractivity contribution in [1.29, 1.82) is 0 Å². The number of nitrogens with two attached hydrogens (primary N) is 1. The maximum absolute atomic E-state index is 12.3. The Morgan fingerprint density at radius 1 is 1.30 bits per heavy atom. The fraction of sp³-hybridized carbons (Fsp3) is 0.200. The van der Waals surface area contributed by atoms with E-state index < -0.39 is 0 Å². The maximum atomic E-state index is 12.3. The van der Waals surface area contributed by atoms with Crippen LogP contribution >= 0.6 is 0 Å². The number of aryl methyl sites for hydroxylation is 1. The van der Waals surface area contributed by atoms with E-state index in [1.54, 1.807) is 20.3 Å². The molecule has 2 aromatic heterocycles. The average molecular weight is 311 g/mol. The largest absolute Gasteiger partial charge is 0.383 e. The van der Waals surface area contributed by atoms with Crippen molar-refractivity contribution in [3.05, 3.63) is 35.8 Å². The number of anilines is 3. The molecular weight excluding hydrogens is 294 g/mol. The van der Waals surface area contributed by atoms with Gasteiger partial charge < -0.3 is 16.0 Å². The van der Waals surface area contributed by atoms with Gasteiger partial charge in [-0.05, 0) is 24.6 Å². The van der Waals surface area contributed by atoms with Gasteiger partial charge in [-0.1, -0.05) is 0 Å². The number of rotatable bonds is 3. The molecule has 2 heterocycles. The minimum Gasteiger partial charge on any atom is -0.383 e. The lowest BCUT2D eigenvalue weighted by Crippen LogP contribution is -2.24. The van der Waals surface area contributed by atoms with Crippen molar-refractivity contribution in [3.63, 3.8) is 0 Å². The van der Waals surface area contributed by atoms with Gasteiger partial charge in [0.05, 0.1) is 11.7 Å². The van der Waals surface area contributed by atoms with Crippen molar-refractivity contribution in [3.8, 4) is 0 Å². The van der Waals surface area contributed by atoms with Crippen LogP contribution in [0.15, 0.2) is 24.7 Å². The molecule has 0 aliphatic rings. The summed E-state index contributed by atoms with van der Waals surface area (Å²) in [6.07, 6.45) is 3.07. The number of carbonyl (C=O) groups is 1. The first-order chi connectivity index (χ1) is 11.0. The van der Waals surface area contributed by atoms with Crippen molar-refractivity contribution in [1.82, 2.24) is 25.1 Å². The van der Waals surface area contributed by atoms with Gasteiger partial charge in [0, 0.05) is 25.2 Å². The Labute approximate surface area is 132 Å². The highest BCUT2D eigenvalue weighted by Crippen LogP contribution is 2.27. The molecule has 23 heavy (non-hydrogen) atoms. The first-order valence-electron chi connectivity index (χ1n) is 7.00. The van der Waals surface area contributed by atoms with Crippen molar-refractivity contribution in [2.75, 3.05) is 25.1 Å². The summed E-state index contributed by atoms with van der Waals surface area (Å²) in [5.74, 6) is 0.262. The number of aromatic amines is 1. The van der Waals surface area contributed by atoms with Gasteiger partial charge in [0.2, 0.25) is 0 Å². The number of H-pyrrole nitrogens is 1. The summed E-state index contributed by atoms with van der Waals surface area (Å²) < 4.78 is 0. The Balaban J connectivity index is 2.06. The maximum Gasteiger partial charge on any atom is 0.260 e. The number of hydrogen-bond acceptors (Lipinski definition) is 6. The molecule has 3 rings (SSSR count). The molecule has 4 N–H and O–H groups in total. The lowest BCUT2D eigenvalue weighted by molar-refractivity contribution is 0.0829. The number of aromatic nitrogens is 4. The molecule has 0 atom stereocenters. The Hall–Kier alpha value is -3.16. The van der Waals surface area contributed by atoms with E-state index in [1.165, 1.54) is 11.2 Å². The van der Waals surface area contributed by atoms with Crippen LogP contribution in [-0.2, 0) is 0 Å². The summed E-state index contributed by atoms with van der Waals surface area (Å²) in [6, 6.07) is 3.92. The molecule has 8 nitrogen and oxygen atoms in total. The second kappa shape index (κ2) is 5.56. The average Bonchev–Trinajstić information content (AvgIpc) is 2.94. The molecule has 0 spiro atoms. The normalized spacial score (nSPS) is 10.7. The molecule has 0 aliphatic carbocycles. The highest BCUT2D eigenvalue weighted by atomic mass is 16.2. The van der Waals surface area contributed by atoms with Crippen LogP contribution in [0.3, 0.4) is 0 Å². The zero-order valence-corrected chi connectivity index (χ0v) is 13.1. The first kappa shape index (κ1) is 14.8. The van der Waals surface area contributed by atoms with Crippen LogP contribution in [0.4, 0.5) is 17.3 Å². The van der Waals surface area contributed by atoms with Gasteiger partial charge in [-0.15, -0.1) is 0 Å². The number of hydrogen-bond donors (Lipinski definition) is 3. The predicted molar refractivity (Wildman–Crippen MR) is 88.6 cm³/mol. The molecule has 1 aromatic carbocycles. The summed E-state index contributed by atoms with van der Waals surface area (Å²) in [5.41, 5.74) is 8.88. The fourth-order valence-electron chi connectivity index (χ4n) is 2.29. The second-order valence-corrected chi connectivity index (χ2v) is 5.43. The monoisotopic (exact) mass is 311 g/mol. The van der Waals surface area contributed by atoms with Crippen molar-refractivity contribution < 1.29 is 4.79 Å². The summed E-state index contributed by atoms with van der Waals surface area (Å²) in [6.45, 7) is 1.96. The Bertz CT molecular complexity index is 885. The summed E-state index contributed by atoms with van der Waals surface area (Å²) in [5, 5.41) is 11.1. The minimum atomic E-state index is -0.257. The number of nitrogens with one attached hydrogen (secondary N) is 2. The molecule has 3 aromatic rings. The Morgan fingerprint density at radius 3 is 2.83 bits per heavy atom. The SMILES string of the molecule is Cc1cc2[nH]ncc2cc1Nc1ncnc(N)c1C(=O)N(C)C. The third-order valence-electron chi connectivity index (χ3n) is 3.53. The zero-order chi connectivity index (χ0) is 16.6. The van der Waals surface area contributed by atoms with Crippen LogP contribution in [0.25, 0.3) is 10.9 Å². The predicted octanol–water partition coefficient (Wildman–Crippen LogP) is 1.69. The molecule has 0 saturated heterocycles. The van der Waals surface area contributed by atoms with Crippen LogP contribution in [0, 0.1) is 6.92 Å². The molecule has 0 saturated carbocycles. The van der Waals surface area contributed by atoms with Gasteiger partial charge >= 0.3 is 0 Å². The molecule has 0 bridgehead atoms. The standard InChI is InChI=1S/C15H17N7O/c1-8-4-11-9(6-19-21-11)5-10(8)20-14-12(15(23)22(2)3)13(16)17-7-18-14/h4-7H,1-3H3,(H,19,21)(H3,16,17,18,20). The Morgan fingerprint density at radius 2 is 2.09 bits per heavy atom. The van der Waals surface area contributed by atoms with Gasteiger partial charge in [0.15, 0.2) is 0 Å². The highest BCUT2D eigenvalue weighted by molar-refractivity contribution is 6.03. The van der Waals surface area contributed by atoms with E-state index in [-0.39, 0.29) is 17.3 Å². The van der Waals surface area contributed by atoms with Gasteiger partial charge in [0.1, 0.15) is 23.5 Å². The van der Waals surface area contributed by atoms with Crippen molar-refractivity contribution in [2.45, 2.75) is 6.92 Å². The highest BCUT2D eigenvalue weighted by Gasteiger charge is 2.20. The van der Waals surface area contributed by atoms with Crippen molar-refractivity contribution in [2.24, 2.45) is 0 Å². The summed E-state index contributed by atoms with van der Waals surface area (Å²) in [7, 11) is 3.31. The van der Waals surface area contributed by atoms with E-state index in [2.05, 4.69) is 25.5 Å². The van der Waals surface area contributed by atoms with Gasteiger partial charge in [-0.3, -0.25) is 9.89 Å². The molecule has 118 valence electrons. The van der Waals surface area contributed by atoms with E-state index >= 15 is 0 Å². The van der Waals surface area contributed by atoms with E-state index in [0.717, 1.165) is 22.2 Å². The van der Waals surface area contributed by atoms with Crippen LogP contribution in [-0.4, -0.2) is 45.1 Å². The number of benzene rings is 1. The molecule has 1 amide bonds. The molecule has 0 fully saturated rings. The summed E-state index contributed by atoms with van der Waals surface area (Å²) in [4.78, 5) is 21.9. The van der Waals surface area contributed by atoms with Crippen molar-refractivity contribution >= 4 is 34.1 Å². The van der Waals surface area contributed by atoms with Crippen LogP contribution in [0.2, 0.25) is 0 Å². The number of carbonyl (C=O) groups excluding carboxylic acids is 1. The third-order valence-corrected chi connectivity index (χ3v) is 3.53. The van der Waals surface area contributed by atoms with Crippen LogP contribution in [0.5, 0.6) is 0 Å². The smallest absolute Gasteiger partial charge is 0.260 e. The molecular formula is C15H17N7O. The molecule has 0 unspecified atom stereocenters. The number of nitrogen functional groups attached to an aromatic ring is 1. The van der Waals surface area contributed by atoms with E-state index in [4.69, 9.17) is 5.73 Å².